The van der Waals surface area contributed by atoms with Crippen LogP contribution in [-0.2, 0) is 21.5 Å². The first-order valence-electron chi connectivity index (χ1n) is 14.1. The van der Waals surface area contributed by atoms with Gasteiger partial charge in [0, 0.05) is 29.7 Å². The fourth-order valence-electron chi connectivity index (χ4n) is 4.95. The van der Waals surface area contributed by atoms with Crippen molar-refractivity contribution in [3.8, 4) is 22.6 Å². The van der Waals surface area contributed by atoms with Crippen LogP contribution in [0.1, 0.15) is 69.6 Å². The molecule has 0 saturated heterocycles. The number of esters is 1. The zero-order chi connectivity index (χ0) is 29.7. The van der Waals surface area contributed by atoms with Gasteiger partial charge in [0.1, 0.15) is 11.4 Å². The molecule has 0 saturated carbocycles. The first kappa shape index (κ1) is 29.9. The average Bonchev–Trinajstić information content (AvgIpc) is 3.25. The molecule has 0 aliphatic heterocycles. The molecule has 3 aromatic carbocycles. The van der Waals surface area contributed by atoms with E-state index in [9.17, 15) is 14.7 Å². The smallest absolute Gasteiger partial charge is 0.353 e. The van der Waals surface area contributed by atoms with Gasteiger partial charge in [0.2, 0.25) is 0 Å². The summed E-state index contributed by atoms with van der Waals surface area (Å²) < 4.78 is 12.6. The van der Waals surface area contributed by atoms with E-state index in [1.54, 1.807) is 11.5 Å². The Morgan fingerprint density at radius 2 is 1.61 bits per heavy atom. The number of carbonyl (C=O) groups excluding carboxylic acids is 1. The highest BCUT2D eigenvalue weighted by molar-refractivity contribution is 6.01. The van der Waals surface area contributed by atoms with Crippen LogP contribution in [0.2, 0.25) is 0 Å². The molecule has 0 fully saturated rings. The van der Waals surface area contributed by atoms with Crippen LogP contribution in [0.15, 0.2) is 66.7 Å². The van der Waals surface area contributed by atoms with E-state index in [2.05, 4.69) is 56.4 Å². The summed E-state index contributed by atoms with van der Waals surface area (Å²) in [5.74, 6) is -0.591. The summed E-state index contributed by atoms with van der Waals surface area (Å²) in [4.78, 5) is 24.6. The third-order valence-electron chi connectivity index (χ3n) is 6.94. The van der Waals surface area contributed by atoms with Crippen molar-refractivity contribution < 1.29 is 24.2 Å². The van der Waals surface area contributed by atoms with Crippen molar-refractivity contribution in [2.45, 2.75) is 66.0 Å². The van der Waals surface area contributed by atoms with Gasteiger partial charge in [-0.25, -0.2) is 4.79 Å². The standard InChI is InChI=1S/C34H40N2O5/c1-7-40-31(37)18-19-35-21-29-28-20-24(23-8-11-25(12-9-23)34(4,5)6)10-17-30(28)36(32(29)33(38)39)26-13-15-27(16-14-26)41-22(2)3/h8-17,20,22,35H,7,18-19,21H2,1-6H3,(H,38,39). The Labute approximate surface area is 242 Å². The number of fused-ring (bicyclic) bond motifs is 1. The van der Waals surface area contributed by atoms with Gasteiger partial charge in [0.15, 0.2) is 0 Å². The number of carboxylic acid groups (broad SMARTS) is 1. The topological polar surface area (TPSA) is 89.8 Å². The van der Waals surface area contributed by atoms with E-state index in [4.69, 9.17) is 9.47 Å². The minimum absolute atomic E-state index is 0.0333. The quantitative estimate of drug-likeness (QED) is 0.151. The number of hydrogen-bond donors (Lipinski definition) is 2. The zero-order valence-corrected chi connectivity index (χ0v) is 24.8. The van der Waals surface area contributed by atoms with Crippen LogP contribution >= 0.6 is 0 Å². The lowest BCUT2D eigenvalue weighted by Gasteiger charge is -2.19. The Bertz CT molecular complexity index is 1510. The molecule has 4 rings (SSSR count). The van der Waals surface area contributed by atoms with Gasteiger partial charge in [-0.3, -0.25) is 4.79 Å². The SMILES string of the molecule is CCOC(=O)CCNCc1c(C(=O)O)n(-c2ccc(OC(C)C)cc2)c2ccc(-c3ccc(C(C)(C)C)cc3)cc12. The lowest BCUT2D eigenvalue weighted by atomic mass is 9.86. The van der Waals surface area contributed by atoms with Crippen molar-refractivity contribution in [2.75, 3.05) is 13.2 Å². The summed E-state index contributed by atoms with van der Waals surface area (Å²) >= 11 is 0. The molecule has 2 N–H and O–H groups in total. The molecule has 216 valence electrons. The fraction of sp³-hybridized carbons (Fsp3) is 0.353. The predicted molar refractivity (Wildman–Crippen MR) is 163 cm³/mol. The molecule has 0 aliphatic carbocycles. The Morgan fingerprint density at radius 3 is 2.20 bits per heavy atom. The lowest BCUT2D eigenvalue weighted by molar-refractivity contribution is -0.142. The van der Waals surface area contributed by atoms with Crippen LogP contribution in [0.3, 0.4) is 0 Å². The van der Waals surface area contributed by atoms with Crippen LogP contribution in [0.5, 0.6) is 5.75 Å². The van der Waals surface area contributed by atoms with E-state index in [-0.39, 0.29) is 36.1 Å². The average molecular weight is 557 g/mol. The third-order valence-corrected chi connectivity index (χ3v) is 6.94. The van der Waals surface area contributed by atoms with Gasteiger partial charge in [-0.1, -0.05) is 51.1 Å². The molecule has 0 bridgehead atoms. The highest BCUT2D eigenvalue weighted by atomic mass is 16.5. The summed E-state index contributed by atoms with van der Waals surface area (Å²) in [7, 11) is 0. The molecule has 4 aromatic rings. The Kier molecular flexibility index (Phi) is 9.18. The van der Waals surface area contributed by atoms with Gasteiger partial charge in [0.05, 0.1) is 24.6 Å². The second-order valence-corrected chi connectivity index (χ2v) is 11.4. The molecule has 7 nitrogen and oxygen atoms in total. The fourth-order valence-corrected chi connectivity index (χ4v) is 4.95. The first-order chi connectivity index (χ1) is 19.5. The summed E-state index contributed by atoms with van der Waals surface area (Å²) in [5, 5.41) is 14.5. The number of aromatic nitrogens is 1. The van der Waals surface area contributed by atoms with Crippen LogP contribution < -0.4 is 10.1 Å². The lowest BCUT2D eigenvalue weighted by Crippen LogP contribution is -2.20. The van der Waals surface area contributed by atoms with Gasteiger partial charge in [-0.2, -0.15) is 0 Å². The Balaban J connectivity index is 1.80. The number of nitrogens with zero attached hydrogens (tertiary/aromatic N) is 1. The van der Waals surface area contributed by atoms with Crippen molar-refractivity contribution in [3.05, 3.63) is 83.6 Å². The number of ether oxygens (including phenoxy) is 2. The molecule has 1 aromatic heterocycles. The second-order valence-electron chi connectivity index (χ2n) is 11.4. The van der Waals surface area contributed by atoms with Gasteiger partial charge < -0.3 is 24.5 Å². The maximum Gasteiger partial charge on any atom is 0.353 e. The maximum absolute atomic E-state index is 12.8. The molecule has 0 aliphatic rings. The van der Waals surface area contributed by atoms with E-state index in [1.165, 1.54) is 5.56 Å². The molecule has 0 atom stereocenters. The minimum atomic E-state index is -1.03. The summed E-state index contributed by atoms with van der Waals surface area (Å²) in [5.41, 5.74) is 5.71. The van der Waals surface area contributed by atoms with Gasteiger partial charge >= 0.3 is 11.9 Å². The molecule has 0 amide bonds. The van der Waals surface area contributed by atoms with E-state index in [0.717, 1.165) is 33.5 Å². The van der Waals surface area contributed by atoms with Crippen molar-refractivity contribution in [3.63, 3.8) is 0 Å². The monoisotopic (exact) mass is 556 g/mol. The van der Waals surface area contributed by atoms with E-state index >= 15 is 0 Å². The van der Waals surface area contributed by atoms with E-state index in [0.29, 0.717) is 18.7 Å². The van der Waals surface area contributed by atoms with E-state index in [1.807, 2.05) is 50.2 Å². The molecule has 0 radical (unpaired) electrons. The van der Waals surface area contributed by atoms with Gasteiger partial charge in [-0.05, 0) is 79.3 Å². The number of carbonyl (C=O) groups is 2. The number of carboxylic acids is 1. The Morgan fingerprint density at radius 1 is 0.951 bits per heavy atom. The molecule has 0 unspecified atom stereocenters. The number of rotatable bonds is 11. The summed E-state index contributed by atoms with van der Waals surface area (Å²) in [6.45, 7) is 13.2. The molecule has 7 heteroatoms. The van der Waals surface area contributed by atoms with Crippen molar-refractivity contribution in [1.82, 2.24) is 9.88 Å². The van der Waals surface area contributed by atoms with E-state index < -0.39 is 5.97 Å². The van der Waals surface area contributed by atoms with Crippen molar-refractivity contribution >= 4 is 22.8 Å². The number of nitrogens with one attached hydrogen (secondary N) is 1. The largest absolute Gasteiger partial charge is 0.491 e. The maximum atomic E-state index is 12.8. The number of benzene rings is 3. The Hall–Kier alpha value is -4.10. The minimum Gasteiger partial charge on any atom is -0.491 e. The molecular weight excluding hydrogens is 516 g/mol. The molecular formula is C34H40N2O5. The van der Waals surface area contributed by atoms with Crippen molar-refractivity contribution in [1.29, 1.82) is 0 Å². The van der Waals surface area contributed by atoms with Gasteiger partial charge in [-0.15, -0.1) is 0 Å². The predicted octanol–water partition coefficient (Wildman–Crippen LogP) is 7.12. The normalized spacial score (nSPS) is 11.7. The van der Waals surface area contributed by atoms with Crippen LogP contribution in [0.4, 0.5) is 0 Å². The third kappa shape index (κ3) is 6.98. The number of hydrogen-bond acceptors (Lipinski definition) is 5. The molecule has 0 spiro atoms. The van der Waals surface area contributed by atoms with Crippen LogP contribution in [0.25, 0.3) is 27.7 Å². The highest BCUT2D eigenvalue weighted by Gasteiger charge is 2.24. The number of aromatic carboxylic acids is 1. The molecule has 1 heterocycles. The first-order valence-corrected chi connectivity index (χ1v) is 14.1. The summed E-state index contributed by atoms with van der Waals surface area (Å²) in [6, 6.07) is 22.1. The summed E-state index contributed by atoms with van der Waals surface area (Å²) in [6.07, 6.45) is 0.239. The highest BCUT2D eigenvalue weighted by Crippen LogP contribution is 2.35. The van der Waals surface area contributed by atoms with Crippen LogP contribution in [-0.4, -0.2) is 40.9 Å². The van der Waals surface area contributed by atoms with Gasteiger partial charge in [0.25, 0.3) is 0 Å². The van der Waals surface area contributed by atoms with Crippen molar-refractivity contribution in [2.24, 2.45) is 0 Å². The second kappa shape index (κ2) is 12.6. The zero-order valence-electron chi connectivity index (χ0n) is 24.8. The van der Waals surface area contributed by atoms with Crippen LogP contribution in [0, 0.1) is 0 Å². The molecule has 41 heavy (non-hydrogen) atoms.